The summed E-state index contributed by atoms with van der Waals surface area (Å²) in [5, 5.41) is 13.1. The topological polar surface area (TPSA) is 81.9 Å². The van der Waals surface area contributed by atoms with E-state index in [-0.39, 0.29) is 18.3 Å². The van der Waals surface area contributed by atoms with Crippen molar-refractivity contribution in [2.24, 2.45) is 0 Å². The van der Waals surface area contributed by atoms with E-state index in [1.807, 2.05) is 66.1 Å². The molecule has 192 valence electrons. The maximum atomic E-state index is 12.7. The molecule has 0 spiro atoms. The van der Waals surface area contributed by atoms with Gasteiger partial charge in [0.25, 0.3) is 0 Å². The predicted molar refractivity (Wildman–Crippen MR) is 155 cm³/mol. The molecule has 7 nitrogen and oxygen atoms in total. The molecule has 5 aromatic rings. The van der Waals surface area contributed by atoms with E-state index < -0.39 is 0 Å². The Balaban J connectivity index is 1.18. The van der Waals surface area contributed by atoms with Crippen LogP contribution in [0.25, 0.3) is 20.8 Å². The molecule has 0 fully saturated rings. The summed E-state index contributed by atoms with van der Waals surface area (Å²) in [5.74, 6) is 1.53. The standard InChI is InChI=1S/C29H27N5O2S2/c1-4-14-34-26(17-36-23-7-5-6-19(2)15-23)32-33-29(34)37-18-27(35)30-22-11-9-21(10-12-22)28-31-24-13-8-20(3)16-25(24)38-28/h4-13,15-16H,1,14,17-18H2,2-3H3,(H,30,35). The minimum atomic E-state index is -0.121. The number of benzene rings is 3. The Hall–Kier alpha value is -3.95. The largest absolute Gasteiger partial charge is 0.486 e. The molecule has 1 amide bonds. The zero-order valence-corrected chi connectivity index (χ0v) is 22.8. The lowest BCUT2D eigenvalue weighted by Gasteiger charge is -2.10. The maximum Gasteiger partial charge on any atom is 0.234 e. The van der Waals surface area contributed by atoms with Crippen LogP contribution in [0.5, 0.6) is 5.75 Å². The van der Waals surface area contributed by atoms with Crippen molar-refractivity contribution in [2.45, 2.75) is 32.2 Å². The molecule has 2 heterocycles. The van der Waals surface area contributed by atoms with Gasteiger partial charge in [0.05, 0.1) is 16.0 Å². The van der Waals surface area contributed by atoms with Gasteiger partial charge < -0.3 is 10.1 Å². The Morgan fingerprint density at radius 3 is 2.68 bits per heavy atom. The third kappa shape index (κ3) is 6.12. The number of hydrogen-bond acceptors (Lipinski definition) is 7. The van der Waals surface area contributed by atoms with Gasteiger partial charge in [-0.15, -0.1) is 28.1 Å². The number of nitrogens with zero attached hydrogens (tertiary/aromatic N) is 4. The third-order valence-electron chi connectivity index (χ3n) is 5.75. The first-order chi connectivity index (χ1) is 18.5. The van der Waals surface area contributed by atoms with Crippen LogP contribution in [0.15, 0.2) is 84.5 Å². The van der Waals surface area contributed by atoms with Gasteiger partial charge in [0.15, 0.2) is 11.0 Å². The van der Waals surface area contributed by atoms with Gasteiger partial charge in [-0.25, -0.2) is 4.98 Å². The van der Waals surface area contributed by atoms with Gasteiger partial charge in [0, 0.05) is 17.8 Å². The molecule has 0 bridgehead atoms. The van der Waals surface area contributed by atoms with E-state index in [4.69, 9.17) is 9.72 Å². The molecule has 38 heavy (non-hydrogen) atoms. The number of thioether (sulfide) groups is 1. The summed E-state index contributed by atoms with van der Waals surface area (Å²) in [7, 11) is 0. The van der Waals surface area contributed by atoms with Gasteiger partial charge in [-0.1, -0.05) is 36.0 Å². The second-order valence-corrected chi connectivity index (χ2v) is 10.8. The SMILES string of the molecule is C=CCn1c(COc2cccc(C)c2)nnc1SCC(=O)Nc1ccc(-c2nc3ccc(C)cc3s2)cc1. The summed E-state index contributed by atoms with van der Waals surface area (Å²) in [6.07, 6.45) is 1.78. The number of amides is 1. The van der Waals surface area contributed by atoms with E-state index >= 15 is 0 Å². The zero-order valence-electron chi connectivity index (χ0n) is 21.2. The third-order valence-corrected chi connectivity index (χ3v) is 7.79. The number of rotatable bonds is 10. The van der Waals surface area contributed by atoms with Crippen LogP contribution in [0.4, 0.5) is 5.69 Å². The quantitative estimate of drug-likeness (QED) is 0.157. The van der Waals surface area contributed by atoms with Crippen molar-refractivity contribution >= 4 is 44.9 Å². The second kappa shape index (κ2) is 11.6. The van der Waals surface area contributed by atoms with Crippen LogP contribution in [-0.4, -0.2) is 31.4 Å². The van der Waals surface area contributed by atoms with Gasteiger partial charge in [-0.05, 0) is 73.5 Å². The van der Waals surface area contributed by atoms with Crippen molar-refractivity contribution in [3.8, 4) is 16.3 Å². The summed E-state index contributed by atoms with van der Waals surface area (Å²) < 4.78 is 8.97. The summed E-state index contributed by atoms with van der Waals surface area (Å²) in [5.41, 5.74) is 5.10. The maximum absolute atomic E-state index is 12.7. The van der Waals surface area contributed by atoms with E-state index in [9.17, 15) is 4.79 Å². The van der Waals surface area contributed by atoms with Gasteiger partial charge in [-0.3, -0.25) is 9.36 Å². The first-order valence-corrected chi connectivity index (χ1v) is 13.9. The van der Waals surface area contributed by atoms with Gasteiger partial charge in [-0.2, -0.15) is 0 Å². The number of nitrogens with one attached hydrogen (secondary N) is 1. The number of thiazole rings is 1. The fourth-order valence-electron chi connectivity index (χ4n) is 3.88. The lowest BCUT2D eigenvalue weighted by Crippen LogP contribution is -2.15. The first kappa shape index (κ1) is 25.7. The molecule has 5 rings (SSSR count). The Bertz CT molecular complexity index is 1590. The lowest BCUT2D eigenvalue weighted by molar-refractivity contribution is -0.113. The average molecular weight is 542 g/mol. The molecular weight excluding hydrogens is 514 g/mol. The number of carbonyl (C=O) groups is 1. The Morgan fingerprint density at radius 2 is 1.89 bits per heavy atom. The highest BCUT2D eigenvalue weighted by Crippen LogP contribution is 2.31. The highest BCUT2D eigenvalue weighted by atomic mass is 32.2. The Labute approximate surface area is 229 Å². The highest BCUT2D eigenvalue weighted by molar-refractivity contribution is 7.99. The average Bonchev–Trinajstić information content (AvgIpc) is 3.50. The molecule has 0 atom stereocenters. The number of anilines is 1. The van der Waals surface area contributed by atoms with Crippen LogP contribution in [0.3, 0.4) is 0 Å². The number of carbonyl (C=O) groups excluding carboxylic acids is 1. The molecular formula is C29H27N5O2S2. The highest BCUT2D eigenvalue weighted by Gasteiger charge is 2.15. The van der Waals surface area contributed by atoms with Crippen molar-refractivity contribution in [2.75, 3.05) is 11.1 Å². The zero-order chi connectivity index (χ0) is 26.5. The smallest absolute Gasteiger partial charge is 0.234 e. The molecule has 0 unspecified atom stereocenters. The molecule has 0 saturated heterocycles. The van der Waals surface area contributed by atoms with Crippen molar-refractivity contribution < 1.29 is 9.53 Å². The fraction of sp³-hybridized carbons (Fsp3) is 0.172. The number of ether oxygens (including phenoxy) is 1. The lowest BCUT2D eigenvalue weighted by atomic mass is 10.2. The monoisotopic (exact) mass is 541 g/mol. The number of allylic oxidation sites excluding steroid dienone is 1. The fourth-order valence-corrected chi connectivity index (χ4v) is 5.71. The van der Waals surface area contributed by atoms with E-state index in [1.54, 1.807) is 17.4 Å². The van der Waals surface area contributed by atoms with E-state index in [0.717, 1.165) is 33.1 Å². The van der Waals surface area contributed by atoms with Crippen LogP contribution in [-0.2, 0) is 17.9 Å². The molecule has 3 aromatic carbocycles. The van der Waals surface area contributed by atoms with Crippen LogP contribution in [0, 0.1) is 13.8 Å². The summed E-state index contributed by atoms with van der Waals surface area (Å²) in [6, 6.07) is 21.9. The normalized spacial score (nSPS) is 11.0. The van der Waals surface area contributed by atoms with Crippen molar-refractivity contribution in [3.05, 3.63) is 96.3 Å². The van der Waals surface area contributed by atoms with E-state index in [2.05, 4.69) is 41.1 Å². The molecule has 0 aliphatic rings. The first-order valence-electron chi connectivity index (χ1n) is 12.1. The van der Waals surface area contributed by atoms with Crippen molar-refractivity contribution in [1.29, 1.82) is 0 Å². The Morgan fingerprint density at radius 1 is 1.08 bits per heavy atom. The minimum absolute atomic E-state index is 0.121. The summed E-state index contributed by atoms with van der Waals surface area (Å²) in [6.45, 7) is 8.73. The van der Waals surface area contributed by atoms with Crippen LogP contribution in [0.1, 0.15) is 17.0 Å². The molecule has 0 aliphatic heterocycles. The molecule has 0 radical (unpaired) electrons. The predicted octanol–water partition coefficient (Wildman–Crippen LogP) is 6.67. The van der Waals surface area contributed by atoms with E-state index in [1.165, 1.54) is 22.0 Å². The molecule has 0 aliphatic carbocycles. The second-order valence-electron chi connectivity index (χ2n) is 8.81. The number of aromatic nitrogens is 4. The Kier molecular flexibility index (Phi) is 7.86. The van der Waals surface area contributed by atoms with Crippen LogP contribution in [0.2, 0.25) is 0 Å². The van der Waals surface area contributed by atoms with Crippen molar-refractivity contribution in [1.82, 2.24) is 19.7 Å². The van der Waals surface area contributed by atoms with E-state index in [0.29, 0.717) is 17.5 Å². The van der Waals surface area contributed by atoms with Crippen LogP contribution >= 0.6 is 23.1 Å². The summed E-state index contributed by atoms with van der Waals surface area (Å²) >= 11 is 3.00. The molecule has 1 N–H and O–H groups in total. The molecule has 2 aromatic heterocycles. The van der Waals surface area contributed by atoms with Gasteiger partial charge in [0.1, 0.15) is 17.4 Å². The number of aryl methyl sites for hydroxylation is 2. The van der Waals surface area contributed by atoms with Crippen molar-refractivity contribution in [3.63, 3.8) is 0 Å². The molecule has 0 saturated carbocycles. The number of hydrogen-bond donors (Lipinski definition) is 1. The number of fused-ring (bicyclic) bond motifs is 1. The molecule has 9 heteroatoms. The minimum Gasteiger partial charge on any atom is -0.486 e. The van der Waals surface area contributed by atoms with Crippen LogP contribution < -0.4 is 10.1 Å². The van der Waals surface area contributed by atoms with Gasteiger partial charge >= 0.3 is 0 Å². The van der Waals surface area contributed by atoms with Gasteiger partial charge in [0.2, 0.25) is 5.91 Å². The summed E-state index contributed by atoms with van der Waals surface area (Å²) in [4.78, 5) is 17.4.